The number of rotatable bonds is 2. The van der Waals surface area contributed by atoms with Gasteiger partial charge in [0.05, 0.1) is 5.56 Å². The molecule has 2 aromatic rings. The first kappa shape index (κ1) is 13.3. The predicted molar refractivity (Wildman–Crippen MR) is 77.8 cm³/mol. The van der Waals surface area contributed by atoms with E-state index in [0.29, 0.717) is 5.56 Å². The van der Waals surface area contributed by atoms with E-state index in [-0.39, 0.29) is 0 Å². The van der Waals surface area contributed by atoms with Crippen LogP contribution in [0.25, 0.3) is 11.1 Å². The summed E-state index contributed by atoms with van der Waals surface area (Å²) < 4.78 is 0. The molecule has 0 fully saturated rings. The first-order valence-corrected chi connectivity index (χ1v) is 6.31. The van der Waals surface area contributed by atoms with E-state index in [1.165, 1.54) is 16.7 Å². The molecule has 0 saturated carbocycles. The van der Waals surface area contributed by atoms with Gasteiger partial charge in [-0.1, -0.05) is 23.8 Å². The third kappa shape index (κ3) is 2.68. The van der Waals surface area contributed by atoms with Crippen LogP contribution in [-0.4, -0.2) is 11.1 Å². The summed E-state index contributed by atoms with van der Waals surface area (Å²) in [7, 11) is 0. The highest BCUT2D eigenvalue weighted by atomic mass is 16.4. The van der Waals surface area contributed by atoms with Crippen LogP contribution in [0.15, 0.2) is 30.3 Å². The van der Waals surface area contributed by atoms with Gasteiger partial charge in [-0.05, 0) is 67.6 Å². The second-order valence-electron chi connectivity index (χ2n) is 5.17. The molecule has 0 unspecified atom stereocenters. The van der Waals surface area contributed by atoms with Gasteiger partial charge in [-0.25, -0.2) is 4.79 Å². The Hall–Kier alpha value is -2.09. The molecule has 0 heterocycles. The molecule has 2 heteroatoms. The molecular weight excluding hydrogens is 236 g/mol. The molecule has 98 valence electrons. The van der Waals surface area contributed by atoms with Gasteiger partial charge in [-0.3, -0.25) is 0 Å². The lowest BCUT2D eigenvalue weighted by Crippen LogP contribution is -1.98. The monoisotopic (exact) mass is 254 g/mol. The van der Waals surface area contributed by atoms with Crippen LogP contribution in [-0.2, 0) is 0 Å². The Balaban J connectivity index is 2.69. The first-order chi connectivity index (χ1) is 8.88. The zero-order valence-electron chi connectivity index (χ0n) is 11.7. The van der Waals surface area contributed by atoms with Gasteiger partial charge in [0.15, 0.2) is 0 Å². The quantitative estimate of drug-likeness (QED) is 0.868. The van der Waals surface area contributed by atoms with E-state index in [9.17, 15) is 4.79 Å². The lowest BCUT2D eigenvalue weighted by molar-refractivity contribution is 0.0697. The topological polar surface area (TPSA) is 37.3 Å². The summed E-state index contributed by atoms with van der Waals surface area (Å²) in [5.74, 6) is -0.882. The Bertz CT molecular complexity index is 631. The van der Waals surface area contributed by atoms with Gasteiger partial charge in [0.1, 0.15) is 0 Å². The van der Waals surface area contributed by atoms with Crippen molar-refractivity contribution >= 4 is 5.97 Å². The van der Waals surface area contributed by atoms with Crippen LogP contribution in [0, 0.1) is 27.7 Å². The van der Waals surface area contributed by atoms with Gasteiger partial charge < -0.3 is 5.11 Å². The number of benzene rings is 2. The fourth-order valence-electron chi connectivity index (χ4n) is 2.69. The zero-order valence-corrected chi connectivity index (χ0v) is 11.7. The molecular formula is C17H18O2. The third-order valence-electron chi connectivity index (χ3n) is 3.29. The van der Waals surface area contributed by atoms with Crippen LogP contribution in [0.3, 0.4) is 0 Å². The summed E-state index contributed by atoms with van der Waals surface area (Å²) >= 11 is 0. The fourth-order valence-corrected chi connectivity index (χ4v) is 2.69. The third-order valence-corrected chi connectivity index (χ3v) is 3.29. The predicted octanol–water partition coefficient (Wildman–Crippen LogP) is 4.29. The van der Waals surface area contributed by atoms with Crippen molar-refractivity contribution in [3.8, 4) is 11.1 Å². The fraction of sp³-hybridized carbons (Fsp3) is 0.235. The Morgan fingerprint density at radius 1 is 0.842 bits per heavy atom. The van der Waals surface area contributed by atoms with Gasteiger partial charge in [0.2, 0.25) is 0 Å². The molecule has 0 spiro atoms. The Labute approximate surface area is 113 Å². The van der Waals surface area contributed by atoms with Crippen LogP contribution in [0.1, 0.15) is 32.6 Å². The smallest absolute Gasteiger partial charge is 0.335 e. The van der Waals surface area contributed by atoms with Gasteiger partial charge in [-0.15, -0.1) is 0 Å². The minimum Gasteiger partial charge on any atom is -0.478 e. The van der Waals surface area contributed by atoms with E-state index >= 15 is 0 Å². The minimum atomic E-state index is -0.882. The molecule has 2 aromatic carbocycles. The van der Waals surface area contributed by atoms with Gasteiger partial charge in [0, 0.05) is 0 Å². The van der Waals surface area contributed by atoms with Crippen molar-refractivity contribution in [3.63, 3.8) is 0 Å². The molecule has 19 heavy (non-hydrogen) atoms. The highest BCUT2D eigenvalue weighted by Crippen LogP contribution is 2.29. The number of carboxylic acids is 1. The summed E-state index contributed by atoms with van der Waals surface area (Å²) in [6.45, 7) is 8.13. The molecule has 2 nitrogen and oxygen atoms in total. The van der Waals surface area contributed by atoms with Crippen LogP contribution in [0.5, 0.6) is 0 Å². The molecule has 0 atom stereocenters. The average molecular weight is 254 g/mol. The molecule has 0 aliphatic rings. The highest BCUT2D eigenvalue weighted by molar-refractivity contribution is 5.90. The van der Waals surface area contributed by atoms with Crippen molar-refractivity contribution in [3.05, 3.63) is 58.1 Å². The minimum absolute atomic E-state index is 0.342. The Kier molecular flexibility index (Phi) is 3.43. The molecule has 0 saturated heterocycles. The standard InChI is InChI=1S/C17H18O2/c1-10-5-12(3)16(13(4)6-10)14-7-11(2)8-15(9-14)17(18)19/h5-9H,1-4H3,(H,18,19). The van der Waals surface area contributed by atoms with Crippen LogP contribution >= 0.6 is 0 Å². The normalized spacial score (nSPS) is 10.5. The lowest BCUT2D eigenvalue weighted by Gasteiger charge is -2.13. The van der Waals surface area contributed by atoms with Crippen molar-refractivity contribution in [2.24, 2.45) is 0 Å². The Morgan fingerprint density at radius 3 is 1.89 bits per heavy atom. The molecule has 0 bridgehead atoms. The second kappa shape index (κ2) is 4.88. The zero-order chi connectivity index (χ0) is 14.2. The maximum absolute atomic E-state index is 11.2. The highest BCUT2D eigenvalue weighted by Gasteiger charge is 2.11. The van der Waals surface area contributed by atoms with Crippen molar-refractivity contribution in [1.29, 1.82) is 0 Å². The van der Waals surface area contributed by atoms with E-state index in [2.05, 4.69) is 32.9 Å². The SMILES string of the molecule is Cc1cc(C(=O)O)cc(-c2c(C)cc(C)cc2C)c1. The summed E-state index contributed by atoms with van der Waals surface area (Å²) in [6, 6.07) is 9.75. The van der Waals surface area contributed by atoms with Crippen LogP contribution < -0.4 is 0 Å². The van der Waals surface area contributed by atoms with Crippen LogP contribution in [0.4, 0.5) is 0 Å². The number of hydrogen-bond donors (Lipinski definition) is 1. The van der Waals surface area contributed by atoms with E-state index in [0.717, 1.165) is 16.7 Å². The molecule has 2 rings (SSSR count). The second-order valence-corrected chi connectivity index (χ2v) is 5.17. The molecule has 0 aliphatic carbocycles. The first-order valence-electron chi connectivity index (χ1n) is 6.31. The average Bonchev–Trinajstić information content (AvgIpc) is 2.26. The number of aryl methyl sites for hydroxylation is 4. The van der Waals surface area contributed by atoms with Gasteiger partial charge in [-0.2, -0.15) is 0 Å². The van der Waals surface area contributed by atoms with Crippen molar-refractivity contribution in [2.45, 2.75) is 27.7 Å². The lowest BCUT2D eigenvalue weighted by atomic mass is 9.92. The van der Waals surface area contributed by atoms with Gasteiger partial charge >= 0.3 is 5.97 Å². The Morgan fingerprint density at radius 2 is 1.37 bits per heavy atom. The van der Waals surface area contributed by atoms with E-state index in [1.54, 1.807) is 12.1 Å². The maximum atomic E-state index is 11.2. The molecule has 1 N–H and O–H groups in total. The molecule has 0 amide bonds. The van der Waals surface area contributed by atoms with E-state index in [4.69, 9.17) is 5.11 Å². The number of carbonyl (C=O) groups is 1. The van der Waals surface area contributed by atoms with E-state index < -0.39 is 5.97 Å². The summed E-state index contributed by atoms with van der Waals surface area (Å²) in [5, 5.41) is 9.16. The summed E-state index contributed by atoms with van der Waals surface area (Å²) in [6.07, 6.45) is 0. The molecule has 0 radical (unpaired) electrons. The van der Waals surface area contributed by atoms with Crippen molar-refractivity contribution in [1.82, 2.24) is 0 Å². The number of carboxylic acid groups (broad SMARTS) is 1. The van der Waals surface area contributed by atoms with Gasteiger partial charge in [0.25, 0.3) is 0 Å². The van der Waals surface area contributed by atoms with Crippen molar-refractivity contribution < 1.29 is 9.90 Å². The van der Waals surface area contributed by atoms with Crippen LogP contribution in [0.2, 0.25) is 0 Å². The summed E-state index contributed by atoms with van der Waals surface area (Å²) in [5.41, 5.74) is 7.01. The maximum Gasteiger partial charge on any atom is 0.335 e. The number of aromatic carboxylic acids is 1. The molecule has 0 aliphatic heterocycles. The largest absolute Gasteiger partial charge is 0.478 e. The van der Waals surface area contributed by atoms with E-state index in [1.807, 2.05) is 13.0 Å². The molecule has 0 aromatic heterocycles. The van der Waals surface area contributed by atoms with Crippen molar-refractivity contribution in [2.75, 3.05) is 0 Å². The summed E-state index contributed by atoms with van der Waals surface area (Å²) in [4.78, 5) is 11.2. The number of hydrogen-bond acceptors (Lipinski definition) is 1.